The predicted molar refractivity (Wildman–Crippen MR) is 111 cm³/mol. The van der Waals surface area contributed by atoms with Gasteiger partial charge in [-0.25, -0.2) is 4.98 Å². The highest BCUT2D eigenvalue weighted by Gasteiger charge is 2.18. The number of hydrogen-bond donors (Lipinski definition) is 1. The normalized spacial score (nSPS) is 10.5. The molecule has 3 rings (SSSR count). The lowest BCUT2D eigenvalue weighted by atomic mass is 10.1. The van der Waals surface area contributed by atoms with Gasteiger partial charge in [0.2, 0.25) is 11.1 Å². The lowest BCUT2D eigenvalue weighted by Crippen LogP contribution is -2.33. The molecule has 0 saturated heterocycles. The SMILES string of the molecule is Cc1cc(C)cc(N(CCC#N)C(=O)CSc2n[nH]c(-c3ccccc3)n2)c1. The maximum atomic E-state index is 12.9. The first kappa shape index (κ1) is 19.6. The number of aromatic amines is 1. The van der Waals surface area contributed by atoms with Gasteiger partial charge in [-0.2, -0.15) is 5.26 Å². The van der Waals surface area contributed by atoms with E-state index in [2.05, 4.69) is 27.3 Å². The van der Waals surface area contributed by atoms with Crippen LogP contribution in [0.3, 0.4) is 0 Å². The van der Waals surface area contributed by atoms with E-state index in [1.54, 1.807) is 4.90 Å². The molecule has 28 heavy (non-hydrogen) atoms. The number of carbonyl (C=O) groups excluding carboxylic acids is 1. The van der Waals surface area contributed by atoms with Crippen molar-refractivity contribution in [2.75, 3.05) is 17.2 Å². The molecule has 0 fully saturated rings. The lowest BCUT2D eigenvalue weighted by Gasteiger charge is -2.22. The average Bonchev–Trinajstić information content (AvgIpc) is 3.16. The van der Waals surface area contributed by atoms with Crippen LogP contribution >= 0.6 is 11.8 Å². The Kier molecular flexibility index (Phi) is 6.45. The monoisotopic (exact) mass is 391 g/mol. The van der Waals surface area contributed by atoms with E-state index in [-0.39, 0.29) is 18.1 Å². The van der Waals surface area contributed by atoms with E-state index in [4.69, 9.17) is 5.26 Å². The number of aromatic nitrogens is 3. The van der Waals surface area contributed by atoms with Crippen LogP contribution in [0, 0.1) is 25.2 Å². The average molecular weight is 392 g/mol. The van der Waals surface area contributed by atoms with Crippen LogP contribution in [0.5, 0.6) is 0 Å². The number of thioether (sulfide) groups is 1. The van der Waals surface area contributed by atoms with Crippen LogP contribution in [0.25, 0.3) is 11.4 Å². The van der Waals surface area contributed by atoms with E-state index in [0.717, 1.165) is 22.4 Å². The van der Waals surface area contributed by atoms with E-state index in [0.29, 0.717) is 17.5 Å². The summed E-state index contributed by atoms with van der Waals surface area (Å²) in [4.78, 5) is 19.0. The first-order valence-electron chi connectivity index (χ1n) is 8.93. The zero-order valence-electron chi connectivity index (χ0n) is 15.8. The Morgan fingerprint density at radius 2 is 1.89 bits per heavy atom. The second kappa shape index (κ2) is 9.20. The van der Waals surface area contributed by atoms with E-state index >= 15 is 0 Å². The third-order valence-corrected chi connectivity index (χ3v) is 4.94. The number of amides is 1. The maximum absolute atomic E-state index is 12.9. The number of nitrogens with one attached hydrogen (secondary N) is 1. The Hall–Kier alpha value is -3.11. The minimum atomic E-state index is -0.0729. The van der Waals surface area contributed by atoms with Crippen molar-refractivity contribution in [3.05, 3.63) is 59.7 Å². The van der Waals surface area contributed by atoms with Crippen LogP contribution in [-0.2, 0) is 4.79 Å². The topological polar surface area (TPSA) is 85.7 Å². The standard InChI is InChI=1S/C21H21N5OS/c1-15-11-16(2)13-18(12-15)26(10-6-9-22)19(27)14-28-21-23-20(24-25-21)17-7-4-3-5-8-17/h3-5,7-8,11-13H,6,10,14H2,1-2H3,(H,23,24,25). The minimum Gasteiger partial charge on any atom is -0.311 e. The second-order valence-corrected chi connectivity index (χ2v) is 7.36. The quantitative estimate of drug-likeness (QED) is 0.612. The van der Waals surface area contributed by atoms with E-state index in [9.17, 15) is 4.79 Å². The molecule has 142 valence electrons. The fourth-order valence-corrected chi connectivity index (χ4v) is 3.58. The highest BCUT2D eigenvalue weighted by atomic mass is 32.2. The summed E-state index contributed by atoms with van der Waals surface area (Å²) < 4.78 is 0. The Balaban J connectivity index is 1.70. The lowest BCUT2D eigenvalue weighted by molar-refractivity contribution is -0.116. The molecular formula is C21H21N5OS. The highest BCUT2D eigenvalue weighted by Crippen LogP contribution is 2.23. The molecule has 2 aromatic carbocycles. The van der Waals surface area contributed by atoms with Gasteiger partial charge >= 0.3 is 0 Å². The molecule has 0 unspecified atom stereocenters. The number of nitriles is 1. The Morgan fingerprint density at radius 1 is 1.18 bits per heavy atom. The molecule has 1 heterocycles. The predicted octanol–water partition coefficient (Wildman–Crippen LogP) is 4.13. The fraction of sp³-hybridized carbons (Fsp3) is 0.238. The summed E-state index contributed by atoms with van der Waals surface area (Å²) in [5.74, 6) is 0.798. The van der Waals surface area contributed by atoms with Gasteiger partial charge in [0.25, 0.3) is 0 Å². The summed E-state index contributed by atoms with van der Waals surface area (Å²) in [7, 11) is 0. The molecule has 0 aliphatic heterocycles. The van der Waals surface area contributed by atoms with Gasteiger partial charge in [0.1, 0.15) is 0 Å². The van der Waals surface area contributed by atoms with Gasteiger partial charge in [-0.05, 0) is 37.1 Å². The molecule has 1 N–H and O–H groups in total. The summed E-state index contributed by atoms with van der Waals surface area (Å²) >= 11 is 1.28. The van der Waals surface area contributed by atoms with Crippen LogP contribution < -0.4 is 4.90 Å². The van der Waals surface area contributed by atoms with Crippen molar-refractivity contribution < 1.29 is 4.79 Å². The van der Waals surface area contributed by atoms with Gasteiger partial charge in [-0.15, -0.1) is 5.10 Å². The van der Waals surface area contributed by atoms with Crippen molar-refractivity contribution in [3.8, 4) is 17.5 Å². The zero-order valence-corrected chi connectivity index (χ0v) is 16.7. The first-order chi connectivity index (χ1) is 13.6. The molecule has 0 atom stereocenters. The van der Waals surface area contributed by atoms with E-state index < -0.39 is 0 Å². The number of aryl methyl sites for hydroxylation is 2. The molecule has 6 nitrogen and oxygen atoms in total. The Bertz CT molecular complexity index is 973. The molecule has 7 heteroatoms. The molecule has 1 amide bonds. The van der Waals surface area contributed by atoms with Crippen molar-refractivity contribution >= 4 is 23.4 Å². The summed E-state index contributed by atoms with van der Waals surface area (Å²) in [6, 6.07) is 17.8. The van der Waals surface area contributed by atoms with Crippen molar-refractivity contribution in [2.45, 2.75) is 25.4 Å². The number of nitrogens with zero attached hydrogens (tertiary/aromatic N) is 4. The maximum Gasteiger partial charge on any atom is 0.237 e. The molecule has 1 aromatic heterocycles. The largest absolute Gasteiger partial charge is 0.311 e. The number of H-pyrrole nitrogens is 1. The minimum absolute atomic E-state index is 0.0729. The number of anilines is 1. The molecule has 0 saturated carbocycles. The van der Waals surface area contributed by atoms with Gasteiger partial charge in [-0.3, -0.25) is 9.89 Å². The Labute approximate surface area is 168 Å². The second-order valence-electron chi connectivity index (χ2n) is 6.42. The third kappa shape index (κ3) is 4.99. The van der Waals surface area contributed by atoms with Gasteiger partial charge in [-0.1, -0.05) is 48.2 Å². The summed E-state index contributed by atoms with van der Waals surface area (Å²) in [5.41, 5.74) is 3.93. The van der Waals surface area contributed by atoms with Gasteiger partial charge in [0, 0.05) is 17.8 Å². The number of rotatable bonds is 7. The highest BCUT2D eigenvalue weighted by molar-refractivity contribution is 7.99. The van der Waals surface area contributed by atoms with Crippen LogP contribution in [0.1, 0.15) is 17.5 Å². The molecule has 0 bridgehead atoms. The summed E-state index contributed by atoms with van der Waals surface area (Å²) in [6.45, 7) is 4.36. The van der Waals surface area contributed by atoms with Crippen molar-refractivity contribution in [1.82, 2.24) is 15.2 Å². The number of carbonyl (C=O) groups is 1. The van der Waals surface area contributed by atoms with Crippen LogP contribution in [0.2, 0.25) is 0 Å². The number of hydrogen-bond acceptors (Lipinski definition) is 5. The third-order valence-electron chi connectivity index (χ3n) is 4.10. The van der Waals surface area contributed by atoms with E-state index in [1.165, 1.54) is 11.8 Å². The summed E-state index contributed by atoms with van der Waals surface area (Å²) in [5, 5.41) is 16.6. The van der Waals surface area contributed by atoms with Gasteiger partial charge in [0.15, 0.2) is 5.82 Å². The molecule has 0 aliphatic carbocycles. The van der Waals surface area contributed by atoms with Crippen molar-refractivity contribution in [2.24, 2.45) is 0 Å². The van der Waals surface area contributed by atoms with E-state index in [1.807, 2.05) is 56.3 Å². The van der Waals surface area contributed by atoms with Crippen molar-refractivity contribution in [3.63, 3.8) is 0 Å². The Morgan fingerprint density at radius 3 is 2.57 bits per heavy atom. The molecular weight excluding hydrogens is 370 g/mol. The van der Waals surface area contributed by atoms with Crippen molar-refractivity contribution in [1.29, 1.82) is 5.26 Å². The zero-order chi connectivity index (χ0) is 19.9. The first-order valence-corrected chi connectivity index (χ1v) is 9.91. The van der Waals surface area contributed by atoms with Crippen LogP contribution in [0.15, 0.2) is 53.7 Å². The van der Waals surface area contributed by atoms with Gasteiger partial charge < -0.3 is 4.90 Å². The number of benzene rings is 2. The van der Waals surface area contributed by atoms with Gasteiger partial charge in [0.05, 0.1) is 18.2 Å². The van der Waals surface area contributed by atoms with Crippen LogP contribution in [0.4, 0.5) is 5.69 Å². The fourth-order valence-electron chi connectivity index (χ4n) is 2.91. The smallest absolute Gasteiger partial charge is 0.237 e. The molecule has 0 radical (unpaired) electrons. The molecule has 3 aromatic rings. The molecule has 0 spiro atoms. The molecule has 0 aliphatic rings. The van der Waals surface area contributed by atoms with Crippen LogP contribution in [-0.4, -0.2) is 33.4 Å². The summed E-state index contributed by atoms with van der Waals surface area (Å²) in [6.07, 6.45) is 0.280.